The molecule has 4 unspecified atom stereocenters. The smallest absolute Gasteiger partial charge is 0.154 e. The van der Waals surface area contributed by atoms with Crippen molar-refractivity contribution in [2.75, 3.05) is 7.05 Å². The van der Waals surface area contributed by atoms with Crippen LogP contribution in [-0.2, 0) is 6.42 Å². The molecule has 0 spiro atoms. The van der Waals surface area contributed by atoms with Gasteiger partial charge in [-0.15, -0.1) is 0 Å². The number of aromatic hydroxyl groups is 1. The fourth-order valence-corrected chi connectivity index (χ4v) is 5.57. The van der Waals surface area contributed by atoms with Crippen LogP contribution < -0.4 is 5.32 Å². The van der Waals surface area contributed by atoms with Gasteiger partial charge >= 0.3 is 0 Å². The van der Waals surface area contributed by atoms with Gasteiger partial charge in [-0.1, -0.05) is 44.0 Å². The number of imidazole rings is 1. The predicted octanol–water partition coefficient (Wildman–Crippen LogP) is 5.66. The van der Waals surface area contributed by atoms with Gasteiger partial charge in [0.05, 0.1) is 16.7 Å². The lowest BCUT2D eigenvalue weighted by Gasteiger charge is -2.30. The van der Waals surface area contributed by atoms with Crippen molar-refractivity contribution in [1.29, 1.82) is 0 Å². The standard InChI is InChI=1S/C29H36N4O2/c1-18-7-6-10-22(15-18)33-25-13-14-26(34)23(12-11-19(2)30-3)27(25)32-29(33)28(35)24-16-20-8-4-5-9-21(20)17-31-24/h4-5,8-9,13-14,16-19,22,28,30,34-35H,6-7,10-12,15H2,1-3H3. The van der Waals surface area contributed by atoms with E-state index in [2.05, 4.69) is 28.7 Å². The lowest BCUT2D eigenvalue weighted by atomic mass is 9.86. The van der Waals surface area contributed by atoms with Gasteiger partial charge in [-0.2, -0.15) is 0 Å². The Kier molecular flexibility index (Phi) is 6.76. The highest BCUT2D eigenvalue weighted by molar-refractivity contribution is 5.83. The van der Waals surface area contributed by atoms with Crippen molar-refractivity contribution < 1.29 is 10.2 Å². The van der Waals surface area contributed by atoms with Crippen molar-refractivity contribution in [2.24, 2.45) is 5.92 Å². The van der Waals surface area contributed by atoms with E-state index in [-0.39, 0.29) is 11.8 Å². The zero-order valence-electron chi connectivity index (χ0n) is 20.9. The van der Waals surface area contributed by atoms with E-state index in [4.69, 9.17) is 4.98 Å². The minimum absolute atomic E-state index is 0.266. The number of phenols is 1. The number of aryl methyl sites for hydroxylation is 1. The van der Waals surface area contributed by atoms with Crippen LogP contribution >= 0.6 is 0 Å². The zero-order chi connectivity index (χ0) is 24.5. The summed E-state index contributed by atoms with van der Waals surface area (Å²) in [6.45, 7) is 4.45. The second-order valence-corrected chi connectivity index (χ2v) is 10.3. The average Bonchev–Trinajstić information content (AvgIpc) is 3.26. The van der Waals surface area contributed by atoms with Crippen molar-refractivity contribution in [3.63, 3.8) is 0 Å². The number of phenolic OH excluding ortho intramolecular Hbond substituents is 1. The third-order valence-corrected chi connectivity index (χ3v) is 7.74. The first-order chi connectivity index (χ1) is 17.0. The molecule has 2 heterocycles. The van der Waals surface area contributed by atoms with Crippen LogP contribution in [0.4, 0.5) is 0 Å². The van der Waals surface area contributed by atoms with E-state index in [0.717, 1.165) is 46.6 Å². The van der Waals surface area contributed by atoms with Crippen LogP contribution in [0.3, 0.4) is 0 Å². The van der Waals surface area contributed by atoms with Gasteiger partial charge in [0.2, 0.25) is 0 Å². The molecule has 0 bridgehead atoms. The molecule has 0 radical (unpaired) electrons. The van der Waals surface area contributed by atoms with Crippen molar-refractivity contribution in [1.82, 2.24) is 19.9 Å². The molecule has 35 heavy (non-hydrogen) atoms. The number of rotatable bonds is 7. The Labute approximate surface area is 207 Å². The molecule has 3 N–H and O–H groups in total. The van der Waals surface area contributed by atoms with Crippen LogP contribution in [0.25, 0.3) is 21.8 Å². The van der Waals surface area contributed by atoms with Crippen molar-refractivity contribution in [3.8, 4) is 5.75 Å². The van der Waals surface area contributed by atoms with Crippen LogP contribution in [0.15, 0.2) is 48.7 Å². The van der Waals surface area contributed by atoms with Gasteiger partial charge in [0.25, 0.3) is 0 Å². The van der Waals surface area contributed by atoms with Crippen molar-refractivity contribution in [3.05, 3.63) is 65.7 Å². The molecule has 1 aliphatic rings. The quantitative estimate of drug-likeness (QED) is 0.323. The molecule has 2 aromatic carbocycles. The number of nitrogens with zero attached hydrogens (tertiary/aromatic N) is 3. The van der Waals surface area contributed by atoms with Gasteiger partial charge in [-0.05, 0) is 69.2 Å². The van der Waals surface area contributed by atoms with E-state index in [1.807, 2.05) is 49.6 Å². The molecule has 6 nitrogen and oxygen atoms in total. The van der Waals surface area contributed by atoms with E-state index < -0.39 is 6.10 Å². The second kappa shape index (κ2) is 9.96. The lowest BCUT2D eigenvalue weighted by Crippen LogP contribution is -2.21. The molecule has 1 fully saturated rings. The maximum atomic E-state index is 11.6. The second-order valence-electron chi connectivity index (χ2n) is 10.3. The summed E-state index contributed by atoms with van der Waals surface area (Å²) >= 11 is 0. The number of pyridine rings is 1. The Morgan fingerprint density at radius 3 is 2.71 bits per heavy atom. The summed E-state index contributed by atoms with van der Waals surface area (Å²) in [6, 6.07) is 14.4. The van der Waals surface area contributed by atoms with Gasteiger partial charge in [0, 0.05) is 29.2 Å². The molecule has 0 saturated heterocycles. The molecule has 6 heteroatoms. The van der Waals surface area contributed by atoms with E-state index in [9.17, 15) is 10.2 Å². The first-order valence-electron chi connectivity index (χ1n) is 12.9. The third kappa shape index (κ3) is 4.65. The van der Waals surface area contributed by atoms with Gasteiger partial charge < -0.3 is 20.1 Å². The molecule has 4 atom stereocenters. The Hall–Kier alpha value is -2.96. The van der Waals surface area contributed by atoms with Crippen LogP contribution in [0, 0.1) is 5.92 Å². The lowest BCUT2D eigenvalue weighted by molar-refractivity contribution is 0.189. The maximum Gasteiger partial charge on any atom is 0.154 e. The predicted molar refractivity (Wildman–Crippen MR) is 141 cm³/mol. The van der Waals surface area contributed by atoms with Crippen molar-refractivity contribution >= 4 is 21.8 Å². The summed E-state index contributed by atoms with van der Waals surface area (Å²) < 4.78 is 2.25. The highest BCUT2D eigenvalue weighted by Gasteiger charge is 2.30. The fraction of sp³-hybridized carbons (Fsp3) is 0.448. The number of benzene rings is 2. The number of aliphatic hydroxyl groups is 1. The molecule has 1 saturated carbocycles. The maximum absolute atomic E-state index is 11.6. The minimum atomic E-state index is -0.949. The molecule has 2 aromatic heterocycles. The highest BCUT2D eigenvalue weighted by atomic mass is 16.3. The van der Waals surface area contributed by atoms with Gasteiger partial charge in [0.15, 0.2) is 6.10 Å². The van der Waals surface area contributed by atoms with E-state index >= 15 is 0 Å². The number of fused-ring (bicyclic) bond motifs is 2. The molecule has 184 valence electrons. The van der Waals surface area contributed by atoms with Crippen LogP contribution in [0.2, 0.25) is 0 Å². The van der Waals surface area contributed by atoms with E-state index in [1.54, 1.807) is 6.07 Å². The SMILES string of the molecule is CNC(C)CCc1c(O)ccc2c1nc(C(O)c1cc3ccccc3cn1)n2C1CCCC(C)C1. The number of aromatic nitrogens is 3. The number of hydrogen-bond donors (Lipinski definition) is 3. The Morgan fingerprint density at radius 1 is 1.14 bits per heavy atom. The fourth-order valence-electron chi connectivity index (χ4n) is 5.57. The first-order valence-corrected chi connectivity index (χ1v) is 12.9. The molecule has 0 aliphatic heterocycles. The highest BCUT2D eigenvalue weighted by Crippen LogP contribution is 2.40. The minimum Gasteiger partial charge on any atom is -0.508 e. The van der Waals surface area contributed by atoms with Gasteiger partial charge in [-0.3, -0.25) is 4.98 Å². The van der Waals surface area contributed by atoms with Gasteiger partial charge in [-0.25, -0.2) is 4.98 Å². The van der Waals surface area contributed by atoms with Crippen LogP contribution in [0.1, 0.15) is 75.2 Å². The normalized spacial score (nSPS) is 20.3. The Bertz CT molecular complexity index is 1330. The van der Waals surface area contributed by atoms with Crippen LogP contribution in [-0.4, -0.2) is 37.8 Å². The van der Waals surface area contributed by atoms with Gasteiger partial charge in [0.1, 0.15) is 11.6 Å². The zero-order valence-corrected chi connectivity index (χ0v) is 20.9. The largest absolute Gasteiger partial charge is 0.508 e. The Morgan fingerprint density at radius 2 is 1.94 bits per heavy atom. The number of aliphatic hydroxyl groups excluding tert-OH is 1. The van der Waals surface area contributed by atoms with Crippen LogP contribution in [0.5, 0.6) is 5.75 Å². The summed E-state index contributed by atoms with van der Waals surface area (Å²) in [4.78, 5) is 9.63. The molecule has 4 aromatic rings. The van der Waals surface area contributed by atoms with E-state index in [1.165, 1.54) is 12.8 Å². The van der Waals surface area contributed by atoms with Crippen molar-refractivity contribution in [2.45, 2.75) is 70.6 Å². The topological polar surface area (TPSA) is 83.2 Å². The molecular formula is C29H36N4O2. The summed E-state index contributed by atoms with van der Waals surface area (Å²) in [5, 5.41) is 27.8. The monoisotopic (exact) mass is 472 g/mol. The average molecular weight is 473 g/mol. The molecular weight excluding hydrogens is 436 g/mol. The molecule has 5 rings (SSSR count). The molecule has 0 amide bonds. The summed E-state index contributed by atoms with van der Waals surface area (Å²) in [6.07, 6.45) is 7.00. The molecule has 1 aliphatic carbocycles. The summed E-state index contributed by atoms with van der Waals surface area (Å²) in [5.74, 6) is 1.52. The first kappa shape index (κ1) is 23.8. The summed E-state index contributed by atoms with van der Waals surface area (Å²) in [7, 11) is 1.95. The van der Waals surface area contributed by atoms with E-state index in [0.29, 0.717) is 29.9 Å². The number of hydrogen-bond acceptors (Lipinski definition) is 5. The Balaban J connectivity index is 1.64. The number of nitrogens with one attached hydrogen (secondary N) is 1. The summed E-state index contributed by atoms with van der Waals surface area (Å²) in [5.41, 5.74) is 3.23. The third-order valence-electron chi connectivity index (χ3n) is 7.74.